The Bertz CT molecular complexity index is 450. The number of amides is 1. The van der Waals surface area contributed by atoms with Crippen LogP contribution in [0.2, 0.25) is 0 Å². The lowest BCUT2D eigenvalue weighted by molar-refractivity contribution is -0.120. The number of hydrogen-bond donors (Lipinski definition) is 1. The molecular weight excluding hydrogens is 251 g/mol. The van der Waals surface area contributed by atoms with Crippen LogP contribution in [0.25, 0.3) is 0 Å². The van der Waals surface area contributed by atoms with E-state index in [-0.39, 0.29) is 16.6 Å². The third-order valence-electron chi connectivity index (χ3n) is 2.78. The van der Waals surface area contributed by atoms with Gasteiger partial charge < -0.3 is 10.6 Å². The molecule has 1 atom stereocenters. The molecule has 98 valence electrons. The maximum absolute atomic E-state index is 13.7. The Morgan fingerprint density at radius 2 is 2.06 bits per heavy atom. The fourth-order valence-corrected chi connectivity index (χ4v) is 2.07. The highest BCUT2D eigenvalue weighted by atomic mass is 32.1. The Labute approximate surface area is 112 Å². The SMILES string of the molecule is CCC(C(=O)N(CC)c1ccccc1F)C(N)=S. The van der Waals surface area contributed by atoms with E-state index in [0.29, 0.717) is 13.0 Å². The van der Waals surface area contributed by atoms with Crippen LogP contribution in [0.4, 0.5) is 10.1 Å². The van der Waals surface area contributed by atoms with Crippen molar-refractivity contribution in [2.24, 2.45) is 11.7 Å². The predicted molar refractivity (Wildman–Crippen MR) is 75.0 cm³/mol. The van der Waals surface area contributed by atoms with Crippen LogP contribution in [-0.4, -0.2) is 17.4 Å². The van der Waals surface area contributed by atoms with E-state index in [2.05, 4.69) is 0 Å². The molecule has 0 bridgehead atoms. The lowest BCUT2D eigenvalue weighted by Crippen LogP contribution is -2.41. The summed E-state index contributed by atoms with van der Waals surface area (Å²) in [7, 11) is 0. The summed E-state index contributed by atoms with van der Waals surface area (Å²) in [6.45, 7) is 3.99. The van der Waals surface area contributed by atoms with Crippen molar-refractivity contribution in [3.63, 3.8) is 0 Å². The maximum atomic E-state index is 13.7. The molecule has 18 heavy (non-hydrogen) atoms. The average Bonchev–Trinajstić information content (AvgIpc) is 2.33. The van der Waals surface area contributed by atoms with Crippen molar-refractivity contribution in [3.05, 3.63) is 30.1 Å². The quantitative estimate of drug-likeness (QED) is 0.835. The third kappa shape index (κ3) is 3.04. The Morgan fingerprint density at radius 3 is 2.50 bits per heavy atom. The standard InChI is InChI=1S/C13H17FN2OS/c1-3-9(12(15)18)13(17)16(4-2)11-8-6-5-7-10(11)14/h5-9H,3-4H2,1-2H3,(H2,15,18). The first-order valence-electron chi connectivity index (χ1n) is 5.88. The molecule has 0 aliphatic heterocycles. The number of rotatable bonds is 5. The van der Waals surface area contributed by atoms with Gasteiger partial charge in [0.1, 0.15) is 5.82 Å². The molecule has 1 aromatic carbocycles. The molecule has 0 aliphatic rings. The summed E-state index contributed by atoms with van der Waals surface area (Å²) < 4.78 is 13.7. The molecule has 1 aromatic rings. The van der Waals surface area contributed by atoms with E-state index in [4.69, 9.17) is 18.0 Å². The van der Waals surface area contributed by atoms with Crippen LogP contribution in [0.5, 0.6) is 0 Å². The van der Waals surface area contributed by atoms with Gasteiger partial charge in [-0.1, -0.05) is 31.3 Å². The summed E-state index contributed by atoms with van der Waals surface area (Å²) in [4.78, 5) is 13.8. The van der Waals surface area contributed by atoms with Gasteiger partial charge in [0.05, 0.1) is 16.6 Å². The zero-order valence-corrected chi connectivity index (χ0v) is 11.3. The Morgan fingerprint density at radius 1 is 1.44 bits per heavy atom. The van der Waals surface area contributed by atoms with Gasteiger partial charge >= 0.3 is 0 Å². The van der Waals surface area contributed by atoms with Gasteiger partial charge in [-0.3, -0.25) is 4.79 Å². The van der Waals surface area contributed by atoms with E-state index < -0.39 is 11.7 Å². The Hall–Kier alpha value is -1.49. The van der Waals surface area contributed by atoms with E-state index >= 15 is 0 Å². The van der Waals surface area contributed by atoms with E-state index in [1.54, 1.807) is 25.1 Å². The molecular formula is C13H17FN2OS. The Balaban J connectivity index is 3.07. The van der Waals surface area contributed by atoms with Gasteiger partial charge in [-0.2, -0.15) is 0 Å². The highest BCUT2D eigenvalue weighted by Crippen LogP contribution is 2.21. The molecule has 0 saturated heterocycles. The first-order valence-corrected chi connectivity index (χ1v) is 6.28. The maximum Gasteiger partial charge on any atom is 0.236 e. The second kappa shape index (κ2) is 6.44. The van der Waals surface area contributed by atoms with E-state index in [1.807, 2.05) is 6.92 Å². The van der Waals surface area contributed by atoms with Gasteiger partial charge in [-0.15, -0.1) is 0 Å². The van der Waals surface area contributed by atoms with Crippen LogP contribution in [0.15, 0.2) is 24.3 Å². The van der Waals surface area contributed by atoms with Crippen molar-refractivity contribution in [3.8, 4) is 0 Å². The van der Waals surface area contributed by atoms with Gasteiger partial charge in [0.15, 0.2) is 0 Å². The predicted octanol–water partition coefficient (Wildman–Crippen LogP) is 2.49. The number of para-hydroxylation sites is 1. The molecule has 1 amide bonds. The van der Waals surface area contributed by atoms with E-state index in [0.717, 1.165) is 0 Å². The fraction of sp³-hybridized carbons (Fsp3) is 0.385. The zero-order chi connectivity index (χ0) is 13.7. The molecule has 3 nitrogen and oxygen atoms in total. The molecule has 1 rings (SSSR count). The molecule has 0 spiro atoms. The number of carbonyl (C=O) groups is 1. The van der Waals surface area contributed by atoms with Crippen LogP contribution >= 0.6 is 12.2 Å². The number of carbonyl (C=O) groups excluding carboxylic acids is 1. The molecule has 0 radical (unpaired) electrons. The molecule has 2 N–H and O–H groups in total. The van der Waals surface area contributed by atoms with Crippen LogP contribution in [0.1, 0.15) is 20.3 Å². The largest absolute Gasteiger partial charge is 0.393 e. The fourth-order valence-electron chi connectivity index (χ4n) is 1.80. The lowest BCUT2D eigenvalue weighted by Gasteiger charge is -2.25. The van der Waals surface area contributed by atoms with E-state index in [1.165, 1.54) is 11.0 Å². The van der Waals surface area contributed by atoms with Crippen molar-refractivity contribution in [2.45, 2.75) is 20.3 Å². The zero-order valence-electron chi connectivity index (χ0n) is 10.5. The minimum absolute atomic E-state index is 0.150. The van der Waals surface area contributed by atoms with Gasteiger partial charge in [0.25, 0.3) is 0 Å². The molecule has 5 heteroatoms. The lowest BCUT2D eigenvalue weighted by atomic mass is 10.0. The van der Waals surface area contributed by atoms with Gasteiger partial charge in [0.2, 0.25) is 5.91 Å². The summed E-state index contributed by atoms with van der Waals surface area (Å²) in [5, 5.41) is 0. The number of hydrogen-bond acceptors (Lipinski definition) is 2. The third-order valence-corrected chi connectivity index (χ3v) is 3.06. The number of halogens is 1. The van der Waals surface area contributed by atoms with Crippen molar-refractivity contribution < 1.29 is 9.18 Å². The molecule has 0 heterocycles. The first-order chi connectivity index (χ1) is 8.52. The topological polar surface area (TPSA) is 46.3 Å². The van der Waals surface area contributed by atoms with Crippen molar-refractivity contribution in [1.82, 2.24) is 0 Å². The van der Waals surface area contributed by atoms with Gasteiger partial charge in [-0.25, -0.2) is 4.39 Å². The van der Waals surface area contributed by atoms with Crippen LogP contribution in [0, 0.1) is 11.7 Å². The van der Waals surface area contributed by atoms with Crippen LogP contribution in [0.3, 0.4) is 0 Å². The molecule has 1 unspecified atom stereocenters. The molecule has 0 aromatic heterocycles. The minimum Gasteiger partial charge on any atom is -0.393 e. The summed E-state index contributed by atoms with van der Waals surface area (Å²) >= 11 is 4.88. The number of nitrogens with zero attached hydrogens (tertiary/aromatic N) is 1. The minimum atomic E-state index is -0.542. The highest BCUT2D eigenvalue weighted by molar-refractivity contribution is 7.80. The highest BCUT2D eigenvalue weighted by Gasteiger charge is 2.26. The summed E-state index contributed by atoms with van der Waals surface area (Å²) in [6, 6.07) is 6.17. The van der Waals surface area contributed by atoms with Crippen LogP contribution in [-0.2, 0) is 4.79 Å². The number of anilines is 1. The van der Waals surface area contributed by atoms with Crippen molar-refractivity contribution in [2.75, 3.05) is 11.4 Å². The van der Waals surface area contributed by atoms with Gasteiger partial charge in [0, 0.05) is 6.54 Å². The van der Waals surface area contributed by atoms with Crippen molar-refractivity contribution >= 4 is 28.8 Å². The summed E-state index contributed by atoms with van der Waals surface area (Å²) in [6.07, 6.45) is 0.513. The monoisotopic (exact) mass is 268 g/mol. The smallest absolute Gasteiger partial charge is 0.236 e. The summed E-state index contributed by atoms with van der Waals surface area (Å²) in [5.41, 5.74) is 5.81. The Kier molecular flexibility index (Phi) is 5.22. The normalized spacial score (nSPS) is 11.9. The van der Waals surface area contributed by atoms with Crippen LogP contribution < -0.4 is 10.6 Å². The molecule has 0 aliphatic carbocycles. The van der Waals surface area contributed by atoms with Gasteiger partial charge in [-0.05, 0) is 25.5 Å². The average molecular weight is 268 g/mol. The second-order valence-corrected chi connectivity index (χ2v) is 4.37. The number of benzene rings is 1. The first kappa shape index (κ1) is 14.6. The second-order valence-electron chi connectivity index (χ2n) is 3.90. The van der Waals surface area contributed by atoms with E-state index in [9.17, 15) is 9.18 Å². The molecule has 0 saturated carbocycles. The molecule has 0 fully saturated rings. The summed E-state index contributed by atoms with van der Waals surface area (Å²) in [5.74, 6) is -1.22. The number of thiocarbonyl (C=S) groups is 1. The number of nitrogens with two attached hydrogens (primary N) is 1. The van der Waals surface area contributed by atoms with Crippen molar-refractivity contribution in [1.29, 1.82) is 0 Å².